The largest absolute Gasteiger partial charge is 0.328 e. The Morgan fingerprint density at radius 1 is 1.47 bits per heavy atom. The summed E-state index contributed by atoms with van der Waals surface area (Å²) in [6.07, 6.45) is 1.25. The summed E-state index contributed by atoms with van der Waals surface area (Å²) in [6.45, 7) is 5.12. The molecule has 17 heavy (non-hydrogen) atoms. The summed E-state index contributed by atoms with van der Waals surface area (Å²) < 4.78 is 1.07. The second kappa shape index (κ2) is 4.96. The van der Waals surface area contributed by atoms with Crippen LogP contribution in [0.3, 0.4) is 0 Å². The van der Waals surface area contributed by atoms with Gasteiger partial charge in [0.15, 0.2) is 0 Å². The Labute approximate surface area is 97.4 Å². The van der Waals surface area contributed by atoms with Crippen molar-refractivity contribution in [3.63, 3.8) is 0 Å². The van der Waals surface area contributed by atoms with Crippen LogP contribution in [0.2, 0.25) is 0 Å². The Bertz CT molecular complexity index is 509. The van der Waals surface area contributed by atoms with Crippen LogP contribution in [0.15, 0.2) is 21.9 Å². The minimum absolute atomic E-state index is 0.217. The van der Waals surface area contributed by atoms with Crippen molar-refractivity contribution in [3.05, 3.63) is 33.1 Å². The normalized spacial score (nSPS) is 11.2. The number of hydrogen-bond acceptors (Lipinski definition) is 4. The van der Waals surface area contributed by atoms with E-state index in [2.05, 4.69) is 5.48 Å². The highest BCUT2D eigenvalue weighted by molar-refractivity contribution is 5.74. The van der Waals surface area contributed by atoms with Crippen LogP contribution in [0.25, 0.3) is 0 Å². The third-order valence-corrected chi connectivity index (χ3v) is 1.68. The Balaban J connectivity index is 2.63. The number of aromatic amines is 1. The van der Waals surface area contributed by atoms with Crippen molar-refractivity contribution in [1.29, 1.82) is 0 Å². The number of carbonyl (C=O) groups is 1. The van der Waals surface area contributed by atoms with Crippen molar-refractivity contribution in [3.8, 4) is 0 Å². The molecule has 0 aliphatic carbocycles. The van der Waals surface area contributed by atoms with Crippen LogP contribution in [0.1, 0.15) is 20.8 Å². The van der Waals surface area contributed by atoms with Gasteiger partial charge in [-0.25, -0.2) is 10.3 Å². The number of amides is 1. The van der Waals surface area contributed by atoms with Crippen LogP contribution >= 0.6 is 0 Å². The zero-order valence-electron chi connectivity index (χ0n) is 9.94. The molecular weight excluding hydrogens is 226 g/mol. The maximum Gasteiger partial charge on any atom is 0.328 e. The second-order valence-corrected chi connectivity index (χ2v) is 4.48. The van der Waals surface area contributed by atoms with Gasteiger partial charge in [0.05, 0.1) is 5.60 Å². The average molecular weight is 241 g/mol. The summed E-state index contributed by atoms with van der Waals surface area (Å²) in [5, 5.41) is 0. The highest BCUT2D eigenvalue weighted by Crippen LogP contribution is 2.03. The minimum atomic E-state index is -0.636. The van der Waals surface area contributed by atoms with Crippen LogP contribution in [0, 0.1) is 0 Å². The molecular formula is C10H15N3O4. The third-order valence-electron chi connectivity index (χ3n) is 1.68. The zero-order chi connectivity index (χ0) is 13.1. The van der Waals surface area contributed by atoms with E-state index in [0.717, 1.165) is 4.57 Å². The zero-order valence-corrected chi connectivity index (χ0v) is 9.94. The number of rotatable bonds is 3. The van der Waals surface area contributed by atoms with Crippen molar-refractivity contribution >= 4 is 5.91 Å². The van der Waals surface area contributed by atoms with Gasteiger partial charge in [-0.15, -0.1) is 0 Å². The molecule has 7 heteroatoms. The maximum absolute atomic E-state index is 11.4. The molecule has 1 rings (SSSR count). The molecule has 0 aliphatic rings. The molecule has 0 spiro atoms. The number of hydroxylamine groups is 1. The fraction of sp³-hybridized carbons (Fsp3) is 0.500. The molecule has 0 unspecified atom stereocenters. The summed E-state index contributed by atoms with van der Waals surface area (Å²) >= 11 is 0. The van der Waals surface area contributed by atoms with Crippen molar-refractivity contribution < 1.29 is 9.63 Å². The molecule has 1 heterocycles. The number of hydrogen-bond donors (Lipinski definition) is 2. The van der Waals surface area contributed by atoms with Gasteiger partial charge in [0, 0.05) is 12.3 Å². The molecule has 1 aromatic heterocycles. The summed E-state index contributed by atoms with van der Waals surface area (Å²) in [5.74, 6) is -0.478. The van der Waals surface area contributed by atoms with E-state index < -0.39 is 22.8 Å². The fourth-order valence-electron chi connectivity index (χ4n) is 0.966. The van der Waals surface area contributed by atoms with E-state index in [1.54, 1.807) is 20.8 Å². The van der Waals surface area contributed by atoms with E-state index in [1.165, 1.54) is 12.3 Å². The van der Waals surface area contributed by atoms with E-state index in [9.17, 15) is 14.4 Å². The molecule has 0 bridgehead atoms. The van der Waals surface area contributed by atoms with E-state index in [0.29, 0.717) is 0 Å². The van der Waals surface area contributed by atoms with Gasteiger partial charge in [-0.05, 0) is 20.8 Å². The van der Waals surface area contributed by atoms with E-state index in [1.807, 2.05) is 4.98 Å². The van der Waals surface area contributed by atoms with Crippen LogP contribution in [-0.4, -0.2) is 21.1 Å². The highest BCUT2D eigenvalue weighted by atomic mass is 16.7. The van der Waals surface area contributed by atoms with Crippen molar-refractivity contribution in [2.75, 3.05) is 0 Å². The Morgan fingerprint density at radius 2 is 2.12 bits per heavy atom. The number of nitrogens with zero attached hydrogens (tertiary/aromatic N) is 1. The molecule has 2 N–H and O–H groups in total. The molecule has 0 fully saturated rings. The molecule has 1 aromatic rings. The van der Waals surface area contributed by atoms with Crippen molar-refractivity contribution in [2.45, 2.75) is 32.9 Å². The number of aromatic nitrogens is 2. The predicted octanol–water partition coefficient (Wildman–Crippen LogP) is -0.617. The summed E-state index contributed by atoms with van der Waals surface area (Å²) in [5.41, 5.74) is 0.576. The summed E-state index contributed by atoms with van der Waals surface area (Å²) in [7, 11) is 0. The van der Waals surface area contributed by atoms with Crippen molar-refractivity contribution in [2.24, 2.45) is 0 Å². The first kappa shape index (κ1) is 13.2. The first-order valence-corrected chi connectivity index (χ1v) is 5.04. The molecule has 0 atom stereocenters. The SMILES string of the molecule is CC(C)(C)ONC(=O)Cn1ccc(=O)[nH]c1=O. The van der Waals surface area contributed by atoms with Crippen LogP contribution < -0.4 is 16.7 Å². The number of H-pyrrole nitrogens is 1. The highest BCUT2D eigenvalue weighted by Gasteiger charge is 2.13. The number of nitrogens with one attached hydrogen (secondary N) is 2. The third kappa shape index (κ3) is 4.64. The lowest BCUT2D eigenvalue weighted by Gasteiger charge is -2.18. The number of carbonyl (C=O) groups excluding carboxylic acids is 1. The smallest absolute Gasteiger partial charge is 0.291 e. The molecule has 0 saturated carbocycles. The van der Waals surface area contributed by atoms with Crippen LogP contribution in [0.5, 0.6) is 0 Å². The Kier molecular flexibility index (Phi) is 3.84. The van der Waals surface area contributed by atoms with Gasteiger partial charge < -0.3 is 0 Å². The molecule has 94 valence electrons. The molecule has 0 aliphatic heterocycles. The summed E-state index contributed by atoms with van der Waals surface area (Å²) in [4.78, 5) is 40.6. The predicted molar refractivity (Wildman–Crippen MR) is 60.3 cm³/mol. The molecule has 1 amide bonds. The fourth-order valence-corrected chi connectivity index (χ4v) is 0.966. The first-order valence-electron chi connectivity index (χ1n) is 5.04. The lowest BCUT2D eigenvalue weighted by Crippen LogP contribution is -2.38. The van der Waals surface area contributed by atoms with Gasteiger partial charge >= 0.3 is 5.69 Å². The molecule has 7 nitrogen and oxygen atoms in total. The van der Waals surface area contributed by atoms with Gasteiger partial charge in [-0.1, -0.05) is 0 Å². The van der Waals surface area contributed by atoms with Crippen LogP contribution in [0.4, 0.5) is 0 Å². The lowest BCUT2D eigenvalue weighted by molar-refractivity contribution is -0.146. The molecule has 0 saturated heterocycles. The van der Waals surface area contributed by atoms with Crippen LogP contribution in [-0.2, 0) is 16.2 Å². The first-order chi connectivity index (χ1) is 7.78. The standard InChI is InChI=1S/C10H15N3O4/c1-10(2,3)17-12-8(15)6-13-5-4-7(14)11-9(13)16/h4-5H,6H2,1-3H3,(H,12,15)(H,11,14,16). The Morgan fingerprint density at radius 3 is 2.65 bits per heavy atom. The molecule has 0 radical (unpaired) electrons. The summed E-state index contributed by atoms with van der Waals surface area (Å²) in [6, 6.07) is 1.17. The van der Waals surface area contributed by atoms with Crippen molar-refractivity contribution in [1.82, 2.24) is 15.0 Å². The molecule has 0 aromatic carbocycles. The van der Waals surface area contributed by atoms with E-state index in [-0.39, 0.29) is 6.54 Å². The quantitative estimate of drug-likeness (QED) is 0.690. The monoisotopic (exact) mass is 241 g/mol. The maximum atomic E-state index is 11.4. The van der Waals surface area contributed by atoms with Gasteiger partial charge in [-0.2, -0.15) is 0 Å². The average Bonchev–Trinajstić information content (AvgIpc) is 2.18. The van der Waals surface area contributed by atoms with E-state index >= 15 is 0 Å². The van der Waals surface area contributed by atoms with Gasteiger partial charge in [-0.3, -0.25) is 24.0 Å². The Hall–Kier alpha value is -1.89. The van der Waals surface area contributed by atoms with E-state index in [4.69, 9.17) is 4.84 Å². The topological polar surface area (TPSA) is 93.2 Å². The van der Waals surface area contributed by atoms with Gasteiger partial charge in [0.2, 0.25) is 0 Å². The second-order valence-electron chi connectivity index (χ2n) is 4.48. The minimum Gasteiger partial charge on any atom is -0.291 e. The lowest BCUT2D eigenvalue weighted by atomic mass is 10.2. The van der Waals surface area contributed by atoms with Gasteiger partial charge in [0.1, 0.15) is 6.54 Å². The van der Waals surface area contributed by atoms with Gasteiger partial charge in [0.25, 0.3) is 11.5 Å².